The van der Waals surface area contributed by atoms with Crippen molar-refractivity contribution >= 4 is 34.0 Å². The van der Waals surface area contributed by atoms with Crippen molar-refractivity contribution in [2.45, 2.75) is 25.8 Å². The van der Waals surface area contributed by atoms with E-state index in [-0.39, 0.29) is 10.6 Å². The van der Waals surface area contributed by atoms with Crippen LogP contribution in [0.25, 0.3) is 0 Å². The van der Waals surface area contributed by atoms with Crippen molar-refractivity contribution in [2.24, 2.45) is 0 Å². The van der Waals surface area contributed by atoms with Gasteiger partial charge >= 0.3 is 0 Å². The van der Waals surface area contributed by atoms with Gasteiger partial charge in [-0.3, -0.25) is 15.0 Å². The van der Waals surface area contributed by atoms with E-state index in [9.17, 15) is 10.1 Å². The standard InChI is InChI=1S/C14H20IN3O2/c1-3-17-8-4-5-12(17)10-16(2)11-6-7-14(18(19)20)13(15)9-11/h6-7,9,12H,3-5,8,10H2,1-2H3. The van der Waals surface area contributed by atoms with Gasteiger partial charge in [0.1, 0.15) is 0 Å². The number of nitro groups is 1. The highest BCUT2D eigenvalue weighted by atomic mass is 127. The molecule has 0 bridgehead atoms. The van der Waals surface area contributed by atoms with Crippen molar-refractivity contribution in [3.05, 3.63) is 31.9 Å². The zero-order valence-electron chi connectivity index (χ0n) is 11.9. The summed E-state index contributed by atoms with van der Waals surface area (Å²) >= 11 is 2.03. The van der Waals surface area contributed by atoms with E-state index in [2.05, 4.69) is 23.8 Å². The van der Waals surface area contributed by atoms with Gasteiger partial charge in [0.15, 0.2) is 0 Å². The Morgan fingerprint density at radius 3 is 2.90 bits per heavy atom. The van der Waals surface area contributed by atoms with Crippen molar-refractivity contribution in [3.63, 3.8) is 0 Å². The monoisotopic (exact) mass is 389 g/mol. The van der Waals surface area contributed by atoms with Crippen LogP contribution in [-0.4, -0.2) is 42.5 Å². The molecule has 1 atom stereocenters. The van der Waals surface area contributed by atoms with E-state index in [0.29, 0.717) is 9.61 Å². The number of nitrogens with zero attached hydrogens (tertiary/aromatic N) is 3. The van der Waals surface area contributed by atoms with Gasteiger partial charge in [0.2, 0.25) is 0 Å². The molecule has 20 heavy (non-hydrogen) atoms. The Labute approximate surface area is 133 Å². The average Bonchev–Trinajstić information content (AvgIpc) is 2.85. The lowest BCUT2D eigenvalue weighted by Gasteiger charge is -2.29. The third-order valence-electron chi connectivity index (χ3n) is 3.96. The molecule has 6 heteroatoms. The summed E-state index contributed by atoms with van der Waals surface area (Å²) in [6.45, 7) is 5.46. The first kappa shape index (κ1) is 15.5. The summed E-state index contributed by atoms with van der Waals surface area (Å²) in [7, 11) is 2.06. The van der Waals surface area contributed by atoms with Crippen molar-refractivity contribution in [2.75, 3.05) is 31.6 Å². The van der Waals surface area contributed by atoms with Gasteiger partial charge in [0.25, 0.3) is 5.69 Å². The lowest BCUT2D eigenvalue weighted by atomic mass is 10.2. The molecule has 5 nitrogen and oxygen atoms in total. The van der Waals surface area contributed by atoms with Gasteiger partial charge < -0.3 is 4.90 Å². The first-order valence-corrected chi connectivity index (χ1v) is 8.00. The Morgan fingerprint density at radius 1 is 1.55 bits per heavy atom. The first-order valence-electron chi connectivity index (χ1n) is 6.92. The van der Waals surface area contributed by atoms with Crippen LogP contribution in [0.1, 0.15) is 19.8 Å². The Kier molecular flexibility index (Phi) is 5.20. The van der Waals surface area contributed by atoms with Crippen molar-refractivity contribution in [1.82, 2.24) is 4.90 Å². The highest BCUT2D eigenvalue weighted by Crippen LogP contribution is 2.27. The molecule has 1 aliphatic rings. The van der Waals surface area contributed by atoms with Crippen LogP contribution in [-0.2, 0) is 0 Å². The largest absolute Gasteiger partial charge is 0.373 e. The number of rotatable bonds is 5. The number of nitro benzene ring substituents is 1. The van der Waals surface area contributed by atoms with Crippen LogP contribution in [0, 0.1) is 13.7 Å². The van der Waals surface area contributed by atoms with Gasteiger partial charge in [-0.25, -0.2) is 0 Å². The molecular weight excluding hydrogens is 369 g/mol. The van der Waals surface area contributed by atoms with Gasteiger partial charge in [-0.15, -0.1) is 0 Å². The van der Waals surface area contributed by atoms with E-state index >= 15 is 0 Å². The Bertz CT molecular complexity index is 495. The van der Waals surface area contributed by atoms with E-state index in [1.807, 2.05) is 34.7 Å². The molecule has 1 fully saturated rings. The molecule has 110 valence electrons. The minimum Gasteiger partial charge on any atom is -0.373 e. The van der Waals surface area contributed by atoms with E-state index in [1.165, 1.54) is 19.4 Å². The fourth-order valence-corrected chi connectivity index (χ4v) is 3.52. The first-order chi connectivity index (χ1) is 9.52. The lowest BCUT2D eigenvalue weighted by molar-refractivity contribution is -0.385. The third-order valence-corrected chi connectivity index (χ3v) is 4.82. The highest BCUT2D eigenvalue weighted by Gasteiger charge is 2.24. The number of hydrogen-bond donors (Lipinski definition) is 0. The summed E-state index contributed by atoms with van der Waals surface area (Å²) in [6, 6.07) is 5.92. The Hall–Kier alpha value is -0.890. The molecule has 0 amide bonds. The number of likely N-dealkylation sites (tertiary alicyclic amines) is 1. The zero-order valence-corrected chi connectivity index (χ0v) is 14.0. The molecule has 0 N–H and O–H groups in total. The maximum atomic E-state index is 10.8. The van der Waals surface area contributed by atoms with Gasteiger partial charge in [-0.1, -0.05) is 6.92 Å². The smallest absolute Gasteiger partial charge is 0.282 e. The molecular formula is C14H20IN3O2. The fourth-order valence-electron chi connectivity index (χ4n) is 2.82. The van der Waals surface area contributed by atoms with E-state index in [4.69, 9.17) is 0 Å². The van der Waals surface area contributed by atoms with Crippen LogP contribution in [0.2, 0.25) is 0 Å². The maximum absolute atomic E-state index is 10.8. The third kappa shape index (κ3) is 3.41. The second-order valence-electron chi connectivity index (χ2n) is 5.20. The Morgan fingerprint density at radius 2 is 2.30 bits per heavy atom. The molecule has 0 aliphatic carbocycles. The van der Waals surface area contributed by atoms with Gasteiger partial charge in [-0.2, -0.15) is 0 Å². The van der Waals surface area contributed by atoms with Gasteiger partial charge in [0.05, 0.1) is 8.49 Å². The normalized spacial score (nSPS) is 19.2. The van der Waals surface area contributed by atoms with Crippen LogP contribution in [0.3, 0.4) is 0 Å². The molecule has 1 aromatic rings. The second-order valence-corrected chi connectivity index (χ2v) is 6.36. The molecule has 0 saturated carbocycles. The minimum absolute atomic E-state index is 0.179. The number of benzene rings is 1. The van der Waals surface area contributed by atoms with E-state index in [0.717, 1.165) is 18.8 Å². The highest BCUT2D eigenvalue weighted by molar-refractivity contribution is 14.1. The predicted octanol–water partition coefficient (Wildman–Crippen LogP) is 3.12. The summed E-state index contributed by atoms with van der Waals surface area (Å²) in [5.41, 5.74) is 1.22. The minimum atomic E-state index is -0.332. The number of likely N-dealkylation sites (N-methyl/N-ethyl adjacent to an activating group) is 2. The number of hydrogen-bond acceptors (Lipinski definition) is 4. The van der Waals surface area contributed by atoms with E-state index in [1.54, 1.807) is 6.07 Å². The summed E-state index contributed by atoms with van der Waals surface area (Å²) in [6.07, 6.45) is 2.51. The molecule has 1 heterocycles. The summed E-state index contributed by atoms with van der Waals surface area (Å²) in [5.74, 6) is 0. The maximum Gasteiger partial charge on any atom is 0.282 e. The van der Waals surface area contributed by atoms with Crippen LogP contribution in [0.5, 0.6) is 0 Å². The molecule has 0 radical (unpaired) electrons. The quantitative estimate of drug-likeness (QED) is 0.441. The molecule has 1 unspecified atom stereocenters. The SMILES string of the molecule is CCN1CCCC1CN(C)c1ccc([N+](=O)[O-])c(I)c1. The molecule has 1 saturated heterocycles. The fraction of sp³-hybridized carbons (Fsp3) is 0.571. The molecule has 1 aliphatic heterocycles. The lowest BCUT2D eigenvalue weighted by Crippen LogP contribution is -2.38. The number of anilines is 1. The van der Waals surface area contributed by atoms with Crippen molar-refractivity contribution < 1.29 is 4.92 Å². The van der Waals surface area contributed by atoms with Gasteiger partial charge in [0, 0.05) is 31.4 Å². The van der Waals surface area contributed by atoms with Crippen molar-refractivity contribution in [3.8, 4) is 0 Å². The average molecular weight is 389 g/mol. The van der Waals surface area contributed by atoms with E-state index < -0.39 is 0 Å². The summed E-state index contributed by atoms with van der Waals surface area (Å²) in [4.78, 5) is 15.2. The zero-order chi connectivity index (χ0) is 14.7. The van der Waals surface area contributed by atoms with Crippen LogP contribution < -0.4 is 4.90 Å². The molecule has 0 spiro atoms. The molecule has 0 aromatic heterocycles. The number of halogens is 1. The van der Waals surface area contributed by atoms with Crippen molar-refractivity contribution in [1.29, 1.82) is 0 Å². The molecule has 1 aromatic carbocycles. The van der Waals surface area contributed by atoms with Gasteiger partial charge in [-0.05, 0) is 60.7 Å². The van der Waals surface area contributed by atoms with Crippen LogP contribution in [0.15, 0.2) is 18.2 Å². The van der Waals surface area contributed by atoms with Crippen LogP contribution in [0.4, 0.5) is 11.4 Å². The van der Waals surface area contributed by atoms with Crippen LogP contribution >= 0.6 is 22.6 Å². The topological polar surface area (TPSA) is 49.6 Å². The Balaban J connectivity index is 2.07. The summed E-state index contributed by atoms with van der Waals surface area (Å²) < 4.78 is 0.690. The second kappa shape index (κ2) is 6.71. The summed E-state index contributed by atoms with van der Waals surface area (Å²) in [5, 5.41) is 10.8. The predicted molar refractivity (Wildman–Crippen MR) is 89.4 cm³/mol. The molecule has 2 rings (SSSR count).